The van der Waals surface area contributed by atoms with Crippen LogP contribution in [0.3, 0.4) is 0 Å². The van der Waals surface area contributed by atoms with Crippen LogP contribution in [0.4, 0.5) is 0 Å². The van der Waals surface area contributed by atoms with Crippen LogP contribution in [-0.2, 0) is 6.42 Å². The minimum absolute atomic E-state index is 0.144. The van der Waals surface area contributed by atoms with Gasteiger partial charge in [0, 0.05) is 18.0 Å². The second-order valence-electron chi connectivity index (χ2n) is 3.90. The summed E-state index contributed by atoms with van der Waals surface area (Å²) in [6.45, 7) is 6.20. The molecule has 4 heteroatoms. The molecule has 18 heavy (non-hydrogen) atoms. The van der Waals surface area contributed by atoms with Crippen LogP contribution in [0.15, 0.2) is 29.2 Å². The lowest BCUT2D eigenvalue weighted by Gasteiger charge is -2.01. The third-order valence-corrected chi connectivity index (χ3v) is 2.20. The smallest absolute Gasteiger partial charge is 0.258 e. The van der Waals surface area contributed by atoms with Gasteiger partial charge in [0.15, 0.2) is 0 Å². The SMILES string of the molecule is CCC.CCc1cc(=O)n2cc(C#N)ccc2n1. The van der Waals surface area contributed by atoms with Gasteiger partial charge in [-0.25, -0.2) is 4.98 Å². The van der Waals surface area contributed by atoms with E-state index in [1.807, 2.05) is 13.0 Å². The number of aromatic nitrogens is 2. The van der Waals surface area contributed by atoms with Gasteiger partial charge in [-0.1, -0.05) is 27.2 Å². The summed E-state index contributed by atoms with van der Waals surface area (Å²) >= 11 is 0. The summed E-state index contributed by atoms with van der Waals surface area (Å²) in [4.78, 5) is 15.9. The van der Waals surface area contributed by atoms with Crippen molar-refractivity contribution in [3.8, 4) is 6.07 Å². The van der Waals surface area contributed by atoms with E-state index in [0.717, 1.165) is 12.1 Å². The average molecular weight is 243 g/mol. The molecule has 0 amide bonds. The lowest BCUT2D eigenvalue weighted by atomic mass is 10.3. The second kappa shape index (κ2) is 6.55. The Kier molecular flexibility index (Phi) is 5.06. The van der Waals surface area contributed by atoms with Crippen LogP contribution in [0.1, 0.15) is 38.4 Å². The summed E-state index contributed by atoms with van der Waals surface area (Å²) in [7, 11) is 0. The largest absolute Gasteiger partial charge is 0.269 e. The van der Waals surface area contributed by atoms with E-state index < -0.39 is 0 Å². The minimum atomic E-state index is -0.144. The maximum Gasteiger partial charge on any atom is 0.258 e. The van der Waals surface area contributed by atoms with Gasteiger partial charge in [0.1, 0.15) is 11.7 Å². The summed E-state index contributed by atoms with van der Waals surface area (Å²) in [5.74, 6) is 0. The molecule has 0 aliphatic carbocycles. The molecular formula is C14H17N3O. The second-order valence-corrected chi connectivity index (χ2v) is 3.90. The number of hydrogen-bond acceptors (Lipinski definition) is 3. The van der Waals surface area contributed by atoms with E-state index in [-0.39, 0.29) is 5.56 Å². The molecule has 0 saturated carbocycles. The summed E-state index contributed by atoms with van der Waals surface area (Å²) in [5, 5.41) is 8.70. The molecule has 0 radical (unpaired) electrons. The molecule has 94 valence electrons. The topological polar surface area (TPSA) is 58.2 Å². The fourth-order valence-corrected chi connectivity index (χ4v) is 1.40. The van der Waals surface area contributed by atoms with Gasteiger partial charge < -0.3 is 0 Å². The molecule has 2 heterocycles. The first kappa shape index (κ1) is 13.9. The van der Waals surface area contributed by atoms with E-state index in [2.05, 4.69) is 18.8 Å². The predicted molar refractivity (Wildman–Crippen MR) is 71.5 cm³/mol. The lowest BCUT2D eigenvalue weighted by Crippen LogP contribution is -2.15. The van der Waals surface area contributed by atoms with Crippen molar-refractivity contribution in [3.05, 3.63) is 46.0 Å². The third kappa shape index (κ3) is 3.17. The molecule has 0 spiro atoms. The molecule has 4 nitrogen and oxygen atoms in total. The summed E-state index contributed by atoms with van der Waals surface area (Å²) < 4.78 is 1.39. The molecule has 0 N–H and O–H groups in total. The Bertz CT molecular complexity index is 623. The molecule has 0 aliphatic rings. The number of nitriles is 1. The summed E-state index contributed by atoms with van der Waals surface area (Å²) in [5.41, 5.74) is 1.66. The highest BCUT2D eigenvalue weighted by atomic mass is 16.1. The fraction of sp³-hybridized carbons (Fsp3) is 0.357. The number of rotatable bonds is 1. The van der Waals surface area contributed by atoms with Crippen molar-refractivity contribution in [2.24, 2.45) is 0 Å². The highest BCUT2D eigenvalue weighted by Crippen LogP contribution is 2.02. The molecule has 0 saturated heterocycles. The van der Waals surface area contributed by atoms with Crippen molar-refractivity contribution in [1.29, 1.82) is 5.26 Å². The zero-order valence-electron chi connectivity index (χ0n) is 11.0. The molecular weight excluding hydrogens is 226 g/mol. The Labute approximate surface area is 107 Å². The molecule has 2 aromatic heterocycles. The molecule has 2 rings (SSSR count). The van der Waals surface area contributed by atoms with Gasteiger partial charge in [-0.15, -0.1) is 0 Å². The van der Waals surface area contributed by atoms with Gasteiger partial charge in [-0.2, -0.15) is 5.26 Å². The van der Waals surface area contributed by atoms with Crippen molar-refractivity contribution in [1.82, 2.24) is 9.38 Å². The first-order chi connectivity index (χ1) is 8.65. The third-order valence-electron chi connectivity index (χ3n) is 2.20. The Morgan fingerprint density at radius 3 is 2.56 bits per heavy atom. The van der Waals surface area contributed by atoms with Crippen LogP contribution < -0.4 is 5.56 Å². The van der Waals surface area contributed by atoms with Crippen LogP contribution >= 0.6 is 0 Å². The maximum atomic E-state index is 11.6. The highest BCUT2D eigenvalue weighted by Gasteiger charge is 2.01. The highest BCUT2D eigenvalue weighted by molar-refractivity contribution is 5.42. The Balaban J connectivity index is 0.000000492. The normalized spacial score (nSPS) is 9.44. The number of nitrogens with zero attached hydrogens (tertiary/aromatic N) is 3. The van der Waals surface area contributed by atoms with Crippen LogP contribution in [0.2, 0.25) is 0 Å². The molecule has 0 unspecified atom stereocenters. The Morgan fingerprint density at radius 1 is 1.33 bits per heavy atom. The van der Waals surface area contributed by atoms with E-state index in [1.54, 1.807) is 12.1 Å². The van der Waals surface area contributed by atoms with Gasteiger partial charge in [-0.05, 0) is 18.6 Å². The molecule has 0 fully saturated rings. The number of pyridine rings is 1. The van der Waals surface area contributed by atoms with Crippen molar-refractivity contribution in [2.45, 2.75) is 33.6 Å². The summed E-state index contributed by atoms with van der Waals surface area (Å²) in [6, 6.07) is 6.82. The molecule has 0 aliphatic heterocycles. The van der Waals surface area contributed by atoms with Gasteiger partial charge in [0.2, 0.25) is 0 Å². The zero-order valence-corrected chi connectivity index (χ0v) is 11.0. The maximum absolute atomic E-state index is 11.6. The van der Waals surface area contributed by atoms with Crippen molar-refractivity contribution >= 4 is 5.65 Å². The predicted octanol–water partition coefficient (Wildman–Crippen LogP) is 2.54. The first-order valence-corrected chi connectivity index (χ1v) is 6.08. The van der Waals surface area contributed by atoms with Gasteiger partial charge in [0.25, 0.3) is 5.56 Å². The van der Waals surface area contributed by atoms with E-state index in [1.165, 1.54) is 23.1 Å². The molecule has 0 aromatic carbocycles. The van der Waals surface area contributed by atoms with E-state index in [4.69, 9.17) is 5.26 Å². The van der Waals surface area contributed by atoms with Crippen LogP contribution in [0.5, 0.6) is 0 Å². The van der Waals surface area contributed by atoms with Crippen molar-refractivity contribution in [2.75, 3.05) is 0 Å². The molecule has 0 atom stereocenters. The number of fused-ring (bicyclic) bond motifs is 1. The van der Waals surface area contributed by atoms with E-state index in [0.29, 0.717) is 11.2 Å². The zero-order chi connectivity index (χ0) is 13.5. The van der Waals surface area contributed by atoms with Crippen LogP contribution in [0, 0.1) is 11.3 Å². The lowest BCUT2D eigenvalue weighted by molar-refractivity contribution is 0.963. The van der Waals surface area contributed by atoms with Crippen molar-refractivity contribution in [3.63, 3.8) is 0 Å². The minimum Gasteiger partial charge on any atom is -0.269 e. The number of aryl methyl sites for hydroxylation is 1. The standard InChI is InChI=1S/C11H9N3O.C3H8/c1-2-9-5-11(15)14-7-8(6-12)3-4-10(14)13-9;1-3-2/h3-5,7H,2H2,1H3;3H2,1-2H3. The fourth-order valence-electron chi connectivity index (χ4n) is 1.40. The number of hydrogen-bond donors (Lipinski definition) is 0. The monoisotopic (exact) mass is 243 g/mol. The van der Waals surface area contributed by atoms with Crippen molar-refractivity contribution < 1.29 is 0 Å². The van der Waals surface area contributed by atoms with Gasteiger partial charge in [0.05, 0.1) is 5.56 Å². The Morgan fingerprint density at radius 2 is 2.00 bits per heavy atom. The molecule has 0 bridgehead atoms. The van der Waals surface area contributed by atoms with Crippen LogP contribution in [0.25, 0.3) is 5.65 Å². The van der Waals surface area contributed by atoms with E-state index in [9.17, 15) is 4.79 Å². The quantitative estimate of drug-likeness (QED) is 0.773. The average Bonchev–Trinajstić information content (AvgIpc) is 2.39. The van der Waals surface area contributed by atoms with Gasteiger partial charge in [-0.3, -0.25) is 9.20 Å². The Hall–Kier alpha value is -2.15. The van der Waals surface area contributed by atoms with Gasteiger partial charge >= 0.3 is 0 Å². The molecule has 2 aromatic rings. The summed E-state index contributed by atoms with van der Waals surface area (Å²) in [6.07, 6.45) is 3.48. The first-order valence-electron chi connectivity index (χ1n) is 6.08. The van der Waals surface area contributed by atoms with E-state index >= 15 is 0 Å². The van der Waals surface area contributed by atoms with Crippen LogP contribution in [-0.4, -0.2) is 9.38 Å².